The molecule has 0 aromatic carbocycles. The molecule has 0 radical (unpaired) electrons. The lowest BCUT2D eigenvalue weighted by molar-refractivity contribution is 0.109. The minimum absolute atomic E-state index is 0.469. The van der Waals surface area contributed by atoms with Gasteiger partial charge in [-0.05, 0) is 13.0 Å². The normalized spacial score (nSPS) is 13.6. The highest BCUT2D eigenvalue weighted by Gasteiger charge is 2.19. The van der Waals surface area contributed by atoms with E-state index in [-0.39, 0.29) is 0 Å². The molecule has 7 nitrogen and oxygen atoms in total. The van der Waals surface area contributed by atoms with Crippen molar-refractivity contribution in [1.82, 2.24) is 20.2 Å². The van der Waals surface area contributed by atoms with Crippen LogP contribution < -0.4 is 10.1 Å². The Hall–Kier alpha value is -2.28. The molecular formula is C14H17N5O2. The molecule has 110 valence electrons. The number of nitrogens with zero attached hydrogens (tertiary/aromatic N) is 4. The Kier molecular flexibility index (Phi) is 3.92. The second kappa shape index (κ2) is 6.01. The third kappa shape index (κ3) is 2.78. The molecule has 0 unspecified atom stereocenters. The molecule has 0 aliphatic carbocycles. The Balaban J connectivity index is 2.03. The smallest absolute Gasteiger partial charge is 0.233 e. The molecule has 0 spiro atoms. The maximum atomic E-state index is 5.49. The number of rotatable bonds is 4. The Bertz CT molecular complexity index is 630. The van der Waals surface area contributed by atoms with Gasteiger partial charge in [-0.1, -0.05) is 0 Å². The second-order valence-corrected chi connectivity index (χ2v) is 4.61. The lowest BCUT2D eigenvalue weighted by Gasteiger charge is -2.19. The largest absolute Gasteiger partial charge is 0.480 e. The van der Waals surface area contributed by atoms with E-state index < -0.39 is 0 Å². The van der Waals surface area contributed by atoms with E-state index in [1.807, 2.05) is 13.0 Å². The first kappa shape index (κ1) is 13.7. The van der Waals surface area contributed by atoms with E-state index in [4.69, 9.17) is 9.47 Å². The standard InChI is InChI=1S/C14H17N5O2/c1-3-15-13-9-8-21-7-6-10(9)16-14(17-13)11-4-5-12(20-2)19-18-11/h4-5H,3,6-8H2,1-2H3,(H,15,16,17). The third-order valence-electron chi connectivity index (χ3n) is 3.24. The van der Waals surface area contributed by atoms with Crippen LogP contribution >= 0.6 is 0 Å². The van der Waals surface area contributed by atoms with Crippen molar-refractivity contribution in [3.8, 4) is 17.4 Å². The van der Waals surface area contributed by atoms with Crippen molar-refractivity contribution in [1.29, 1.82) is 0 Å². The van der Waals surface area contributed by atoms with Crippen molar-refractivity contribution in [2.75, 3.05) is 25.6 Å². The van der Waals surface area contributed by atoms with Gasteiger partial charge in [-0.25, -0.2) is 9.97 Å². The van der Waals surface area contributed by atoms with Crippen molar-refractivity contribution in [2.45, 2.75) is 20.0 Å². The molecule has 1 aliphatic heterocycles. The van der Waals surface area contributed by atoms with Crippen molar-refractivity contribution >= 4 is 5.82 Å². The topological polar surface area (TPSA) is 82.1 Å². The Morgan fingerprint density at radius 3 is 2.90 bits per heavy atom. The fraction of sp³-hybridized carbons (Fsp3) is 0.429. The number of ether oxygens (including phenoxy) is 2. The van der Waals surface area contributed by atoms with Crippen LogP contribution in [0.15, 0.2) is 12.1 Å². The Morgan fingerprint density at radius 2 is 2.19 bits per heavy atom. The van der Waals surface area contributed by atoms with Crippen LogP contribution in [-0.4, -0.2) is 40.4 Å². The van der Waals surface area contributed by atoms with E-state index in [1.165, 1.54) is 0 Å². The maximum Gasteiger partial charge on any atom is 0.233 e. The average Bonchev–Trinajstić information content (AvgIpc) is 2.55. The molecule has 7 heteroatoms. The van der Waals surface area contributed by atoms with E-state index in [2.05, 4.69) is 25.5 Å². The first-order chi connectivity index (χ1) is 10.3. The number of fused-ring (bicyclic) bond motifs is 1. The van der Waals surface area contributed by atoms with Crippen LogP contribution in [0.5, 0.6) is 5.88 Å². The minimum Gasteiger partial charge on any atom is -0.480 e. The van der Waals surface area contributed by atoms with Crippen LogP contribution in [0.3, 0.4) is 0 Å². The van der Waals surface area contributed by atoms with Gasteiger partial charge in [-0.2, -0.15) is 0 Å². The van der Waals surface area contributed by atoms with E-state index in [0.29, 0.717) is 30.6 Å². The van der Waals surface area contributed by atoms with Gasteiger partial charge in [-0.15, -0.1) is 10.2 Å². The zero-order valence-electron chi connectivity index (χ0n) is 12.1. The van der Waals surface area contributed by atoms with Gasteiger partial charge >= 0.3 is 0 Å². The molecule has 3 rings (SSSR count). The lowest BCUT2D eigenvalue weighted by atomic mass is 10.1. The number of hydrogen-bond acceptors (Lipinski definition) is 7. The molecule has 1 aliphatic rings. The summed E-state index contributed by atoms with van der Waals surface area (Å²) in [5, 5.41) is 11.3. The summed E-state index contributed by atoms with van der Waals surface area (Å²) in [6.45, 7) is 4.05. The Morgan fingerprint density at radius 1 is 1.29 bits per heavy atom. The second-order valence-electron chi connectivity index (χ2n) is 4.61. The van der Waals surface area contributed by atoms with Crippen molar-refractivity contribution < 1.29 is 9.47 Å². The summed E-state index contributed by atoms with van der Waals surface area (Å²) < 4.78 is 10.5. The lowest BCUT2D eigenvalue weighted by Crippen LogP contribution is -2.17. The third-order valence-corrected chi connectivity index (χ3v) is 3.24. The van der Waals surface area contributed by atoms with Gasteiger partial charge in [0.2, 0.25) is 5.88 Å². The van der Waals surface area contributed by atoms with Crippen LogP contribution in [0.4, 0.5) is 5.82 Å². The predicted octanol–water partition coefficient (Wildman–Crippen LogP) is 1.45. The van der Waals surface area contributed by atoms with Crippen LogP contribution in [0.2, 0.25) is 0 Å². The van der Waals surface area contributed by atoms with Crippen molar-refractivity contribution in [3.05, 3.63) is 23.4 Å². The SMILES string of the molecule is CCNc1nc(-c2ccc(OC)nn2)nc2c1COCC2. The molecule has 0 amide bonds. The van der Waals surface area contributed by atoms with Crippen molar-refractivity contribution in [2.24, 2.45) is 0 Å². The summed E-state index contributed by atoms with van der Waals surface area (Å²) in [7, 11) is 1.56. The summed E-state index contributed by atoms with van der Waals surface area (Å²) in [6.07, 6.45) is 0.785. The summed E-state index contributed by atoms with van der Waals surface area (Å²) in [4.78, 5) is 9.16. The predicted molar refractivity (Wildman–Crippen MR) is 77.1 cm³/mol. The quantitative estimate of drug-likeness (QED) is 0.911. The monoisotopic (exact) mass is 287 g/mol. The minimum atomic E-state index is 0.469. The van der Waals surface area contributed by atoms with Crippen LogP contribution in [-0.2, 0) is 17.8 Å². The van der Waals surface area contributed by atoms with Gasteiger partial charge in [0.05, 0.1) is 26.0 Å². The van der Waals surface area contributed by atoms with Gasteiger partial charge < -0.3 is 14.8 Å². The molecule has 0 bridgehead atoms. The van der Waals surface area contributed by atoms with Gasteiger partial charge in [-0.3, -0.25) is 0 Å². The fourth-order valence-electron chi connectivity index (χ4n) is 2.21. The molecule has 0 saturated heterocycles. The molecule has 2 aromatic heterocycles. The Labute approximate surface area is 122 Å². The summed E-state index contributed by atoms with van der Waals surface area (Å²) in [6, 6.07) is 3.56. The fourth-order valence-corrected chi connectivity index (χ4v) is 2.21. The average molecular weight is 287 g/mol. The summed E-state index contributed by atoms with van der Waals surface area (Å²) >= 11 is 0. The van der Waals surface area contributed by atoms with Crippen LogP contribution in [0.25, 0.3) is 11.5 Å². The van der Waals surface area contributed by atoms with Crippen molar-refractivity contribution in [3.63, 3.8) is 0 Å². The first-order valence-corrected chi connectivity index (χ1v) is 6.91. The molecule has 0 fully saturated rings. The van der Waals surface area contributed by atoms with E-state index in [1.54, 1.807) is 13.2 Å². The molecule has 2 aromatic rings. The van der Waals surface area contributed by atoms with E-state index in [9.17, 15) is 0 Å². The first-order valence-electron chi connectivity index (χ1n) is 6.91. The summed E-state index contributed by atoms with van der Waals surface area (Å²) in [5.74, 6) is 1.86. The number of aromatic nitrogens is 4. The number of hydrogen-bond donors (Lipinski definition) is 1. The highest BCUT2D eigenvalue weighted by atomic mass is 16.5. The zero-order chi connectivity index (χ0) is 14.7. The van der Waals surface area contributed by atoms with Gasteiger partial charge in [0, 0.05) is 24.6 Å². The highest BCUT2D eigenvalue weighted by molar-refractivity contribution is 5.56. The van der Waals surface area contributed by atoms with Gasteiger partial charge in [0.25, 0.3) is 0 Å². The number of anilines is 1. The number of methoxy groups -OCH3 is 1. The van der Waals surface area contributed by atoms with Crippen LogP contribution in [0.1, 0.15) is 18.2 Å². The number of nitrogens with one attached hydrogen (secondary N) is 1. The maximum absolute atomic E-state index is 5.49. The molecule has 3 heterocycles. The van der Waals surface area contributed by atoms with Gasteiger partial charge in [0.15, 0.2) is 5.82 Å². The molecule has 0 atom stereocenters. The summed E-state index contributed by atoms with van der Waals surface area (Å²) in [5.41, 5.74) is 2.68. The zero-order valence-corrected chi connectivity index (χ0v) is 12.1. The molecule has 1 N–H and O–H groups in total. The molecule has 21 heavy (non-hydrogen) atoms. The highest BCUT2D eigenvalue weighted by Crippen LogP contribution is 2.25. The van der Waals surface area contributed by atoms with Crippen LogP contribution in [0, 0.1) is 0 Å². The van der Waals surface area contributed by atoms with E-state index in [0.717, 1.165) is 30.0 Å². The van der Waals surface area contributed by atoms with E-state index >= 15 is 0 Å². The molecule has 0 saturated carbocycles. The van der Waals surface area contributed by atoms with Gasteiger partial charge in [0.1, 0.15) is 11.5 Å². The molecular weight excluding hydrogens is 270 g/mol.